The zero-order valence-corrected chi connectivity index (χ0v) is 28.0. The van der Waals surface area contributed by atoms with E-state index < -0.39 is 76.7 Å². The van der Waals surface area contributed by atoms with Gasteiger partial charge in [0.1, 0.15) is 18.3 Å². The molecule has 0 aromatic carbocycles. The zero-order chi connectivity index (χ0) is 33.2. The summed E-state index contributed by atoms with van der Waals surface area (Å²) in [4.78, 5) is 0. The molecule has 1 heterocycles. The highest BCUT2D eigenvalue weighted by Gasteiger charge is 2.68. The number of fused-ring (bicyclic) bond motifs is 5. The maximum Gasteiger partial charge on any atom is 0.397 e. The van der Waals surface area contributed by atoms with Crippen molar-refractivity contribution in [3.8, 4) is 0 Å². The first-order valence-corrected chi connectivity index (χ1v) is 18.3. The standard InChI is InChI=1S/C32H56O12S/c1-15(2)22(43-30-29(38)27(36)21(34)14-42-30)7-6-16(3)19-13-23(44-45(39,40)41)25-24-18(9-11-32(19,25)5)31(4)10-8-17(33)12-20(31)26(35)28(24)37/h15-30,33-38H,6-14H2,1-5H3,(H,39,40,41)/t16-,17+,18-,19-,20-,21-,22+,23+,24-,25-,26-,27-,28+,29+,30+,31-,32-/m1/s1. The fourth-order valence-corrected chi connectivity index (χ4v) is 11.2. The van der Waals surface area contributed by atoms with Crippen LogP contribution < -0.4 is 0 Å². The van der Waals surface area contributed by atoms with Gasteiger partial charge in [-0.2, -0.15) is 8.42 Å². The summed E-state index contributed by atoms with van der Waals surface area (Å²) < 4.78 is 51.1. The van der Waals surface area contributed by atoms with Crippen LogP contribution in [-0.2, 0) is 24.1 Å². The topological polar surface area (TPSA) is 203 Å². The van der Waals surface area contributed by atoms with Crippen molar-refractivity contribution in [2.24, 2.45) is 52.3 Å². The van der Waals surface area contributed by atoms with Crippen LogP contribution >= 0.6 is 0 Å². The predicted molar refractivity (Wildman–Crippen MR) is 162 cm³/mol. The lowest BCUT2D eigenvalue weighted by Gasteiger charge is -2.64. The van der Waals surface area contributed by atoms with Gasteiger partial charge in [-0.15, -0.1) is 0 Å². The number of aliphatic hydroxyl groups excluding tert-OH is 6. The Morgan fingerprint density at radius 3 is 2.16 bits per heavy atom. The molecule has 17 atom stereocenters. The SMILES string of the molecule is CC(C)[C@H](CC[C@@H](C)[C@H]1C[C@H](OS(=O)(=O)O)[C@@H]2[C@@H]3[C@H](O)[C@H](O)[C@H]4C[C@@H](O)CC[C@]4(C)[C@@H]3CC[C@@]21C)O[C@@H]1OC[C@@H](O)[C@@H](O)[C@@H]1O. The van der Waals surface area contributed by atoms with Crippen molar-refractivity contribution in [1.82, 2.24) is 0 Å². The molecule has 0 unspecified atom stereocenters. The van der Waals surface area contributed by atoms with Crippen LogP contribution in [0.1, 0.15) is 86.0 Å². The number of rotatable bonds is 9. The van der Waals surface area contributed by atoms with E-state index in [1.807, 2.05) is 13.8 Å². The Bertz CT molecular complexity index is 1140. The second-order valence-corrected chi connectivity index (χ2v) is 17.0. The fourth-order valence-electron chi connectivity index (χ4n) is 10.7. The molecular formula is C32H56O12S. The first kappa shape index (κ1) is 35.8. The molecule has 0 aromatic rings. The average Bonchev–Trinajstić information content (AvgIpc) is 3.24. The first-order chi connectivity index (χ1) is 20.9. The van der Waals surface area contributed by atoms with Crippen molar-refractivity contribution in [2.45, 2.75) is 141 Å². The fraction of sp³-hybridized carbons (Fsp3) is 1.00. The van der Waals surface area contributed by atoms with E-state index in [1.165, 1.54) is 0 Å². The van der Waals surface area contributed by atoms with Gasteiger partial charge in [-0.05, 0) is 104 Å². The molecule has 5 rings (SSSR count). The lowest BCUT2D eigenvalue weighted by molar-refractivity contribution is -0.286. The zero-order valence-electron chi connectivity index (χ0n) is 27.2. The van der Waals surface area contributed by atoms with Gasteiger partial charge in [-0.25, -0.2) is 4.18 Å². The third-order valence-electron chi connectivity index (χ3n) is 13.1. The van der Waals surface area contributed by atoms with Gasteiger partial charge in [-0.3, -0.25) is 4.55 Å². The lowest BCUT2D eigenvalue weighted by atomic mass is 9.43. The van der Waals surface area contributed by atoms with Gasteiger partial charge in [0.25, 0.3) is 0 Å². The summed E-state index contributed by atoms with van der Waals surface area (Å²) in [6.07, 6.45) is -3.91. The van der Waals surface area contributed by atoms with E-state index in [0.717, 1.165) is 12.8 Å². The molecule has 5 aliphatic rings. The Kier molecular flexibility index (Phi) is 10.4. The van der Waals surface area contributed by atoms with Gasteiger partial charge < -0.3 is 40.1 Å². The summed E-state index contributed by atoms with van der Waals surface area (Å²) in [5.74, 6) is -1.01. The van der Waals surface area contributed by atoms with E-state index in [-0.39, 0.29) is 47.7 Å². The minimum absolute atomic E-state index is 0.00235. The molecule has 0 amide bonds. The van der Waals surface area contributed by atoms with E-state index in [0.29, 0.717) is 38.5 Å². The van der Waals surface area contributed by atoms with Crippen molar-refractivity contribution in [1.29, 1.82) is 0 Å². The van der Waals surface area contributed by atoms with E-state index in [2.05, 4.69) is 20.8 Å². The van der Waals surface area contributed by atoms with Crippen molar-refractivity contribution < 1.29 is 57.3 Å². The second kappa shape index (κ2) is 13.1. The minimum atomic E-state index is -4.79. The van der Waals surface area contributed by atoms with Gasteiger partial charge >= 0.3 is 10.4 Å². The molecule has 4 saturated carbocycles. The Morgan fingerprint density at radius 2 is 1.51 bits per heavy atom. The summed E-state index contributed by atoms with van der Waals surface area (Å²) >= 11 is 0. The van der Waals surface area contributed by atoms with Crippen LogP contribution in [0.3, 0.4) is 0 Å². The molecule has 45 heavy (non-hydrogen) atoms. The smallest absolute Gasteiger partial charge is 0.393 e. The van der Waals surface area contributed by atoms with Crippen LogP contribution in [-0.4, -0.2) is 105 Å². The van der Waals surface area contributed by atoms with Gasteiger partial charge in [0.2, 0.25) is 0 Å². The summed E-state index contributed by atoms with van der Waals surface area (Å²) in [5.41, 5.74) is -0.765. The van der Waals surface area contributed by atoms with Crippen LogP contribution in [0.2, 0.25) is 0 Å². The highest BCUT2D eigenvalue weighted by Crippen LogP contribution is 2.69. The van der Waals surface area contributed by atoms with E-state index in [1.54, 1.807) is 0 Å². The van der Waals surface area contributed by atoms with Crippen LogP contribution in [0.15, 0.2) is 0 Å². The molecule has 1 aliphatic heterocycles. The maximum absolute atomic E-state index is 12.1. The Balaban J connectivity index is 1.37. The average molecular weight is 665 g/mol. The van der Waals surface area contributed by atoms with Crippen molar-refractivity contribution in [3.63, 3.8) is 0 Å². The molecule has 262 valence electrons. The van der Waals surface area contributed by atoms with Gasteiger partial charge in [0.15, 0.2) is 6.29 Å². The Morgan fingerprint density at radius 1 is 0.844 bits per heavy atom. The van der Waals surface area contributed by atoms with Crippen molar-refractivity contribution >= 4 is 10.4 Å². The van der Waals surface area contributed by atoms with E-state index in [9.17, 15) is 43.6 Å². The number of aliphatic hydroxyl groups is 6. The molecule has 0 bridgehead atoms. The molecule has 7 N–H and O–H groups in total. The normalized spacial score (nSPS) is 50.0. The van der Waals surface area contributed by atoms with Crippen LogP contribution in [0.4, 0.5) is 0 Å². The summed E-state index contributed by atoms with van der Waals surface area (Å²) in [5, 5.41) is 63.9. The molecule has 0 spiro atoms. The molecule has 1 saturated heterocycles. The number of ether oxygens (including phenoxy) is 2. The maximum atomic E-state index is 12.1. The van der Waals surface area contributed by atoms with Gasteiger partial charge in [0.05, 0.1) is 37.1 Å². The van der Waals surface area contributed by atoms with Gasteiger partial charge in [-0.1, -0.05) is 34.6 Å². The molecule has 5 fully saturated rings. The predicted octanol–water partition coefficient (Wildman–Crippen LogP) is 1.64. The Hall–Kier alpha value is -0.450. The van der Waals surface area contributed by atoms with Crippen LogP contribution in [0.25, 0.3) is 0 Å². The Labute approximate surface area is 267 Å². The molecular weight excluding hydrogens is 608 g/mol. The summed E-state index contributed by atoms with van der Waals surface area (Å²) in [6, 6.07) is 0. The highest BCUT2D eigenvalue weighted by molar-refractivity contribution is 7.80. The first-order valence-electron chi connectivity index (χ1n) is 16.9. The summed E-state index contributed by atoms with van der Waals surface area (Å²) in [7, 11) is -4.79. The molecule has 13 heteroatoms. The van der Waals surface area contributed by atoms with Crippen molar-refractivity contribution in [2.75, 3.05) is 6.61 Å². The second-order valence-electron chi connectivity index (χ2n) is 15.9. The number of hydrogen-bond acceptors (Lipinski definition) is 11. The quantitative estimate of drug-likeness (QED) is 0.176. The molecule has 0 radical (unpaired) electrons. The third-order valence-corrected chi connectivity index (χ3v) is 13.6. The third kappa shape index (κ3) is 6.62. The van der Waals surface area contributed by atoms with Gasteiger partial charge in [0, 0.05) is 0 Å². The largest absolute Gasteiger partial charge is 0.397 e. The van der Waals surface area contributed by atoms with E-state index in [4.69, 9.17) is 13.7 Å². The lowest BCUT2D eigenvalue weighted by Crippen LogP contribution is -2.65. The van der Waals surface area contributed by atoms with E-state index >= 15 is 0 Å². The molecule has 4 aliphatic carbocycles. The van der Waals surface area contributed by atoms with Crippen LogP contribution in [0.5, 0.6) is 0 Å². The van der Waals surface area contributed by atoms with Crippen molar-refractivity contribution in [3.05, 3.63) is 0 Å². The molecule has 0 aromatic heterocycles. The monoisotopic (exact) mass is 664 g/mol. The molecule has 12 nitrogen and oxygen atoms in total. The number of hydrogen-bond donors (Lipinski definition) is 7. The van der Waals surface area contributed by atoms with Crippen LogP contribution in [0, 0.1) is 52.3 Å². The minimum Gasteiger partial charge on any atom is -0.393 e. The highest BCUT2D eigenvalue weighted by atomic mass is 32.3. The summed E-state index contributed by atoms with van der Waals surface area (Å²) in [6.45, 7) is 10.2.